The van der Waals surface area contributed by atoms with Crippen molar-refractivity contribution in [2.75, 3.05) is 26.2 Å². The molecule has 1 rings (SSSR count). The van der Waals surface area contributed by atoms with E-state index in [0.29, 0.717) is 6.54 Å². The summed E-state index contributed by atoms with van der Waals surface area (Å²) < 4.78 is 39.8. The second-order valence-electron chi connectivity index (χ2n) is 6.43. The van der Waals surface area contributed by atoms with Gasteiger partial charge in [0.1, 0.15) is 0 Å². The summed E-state index contributed by atoms with van der Waals surface area (Å²) in [7, 11) is 0. The number of carbonyl (C=O) groups excluding carboxylic acids is 1. The van der Waals surface area contributed by atoms with E-state index in [-0.39, 0.29) is 11.5 Å². The molecule has 0 aromatic carbocycles. The third-order valence-electron chi connectivity index (χ3n) is 3.14. The van der Waals surface area contributed by atoms with Gasteiger partial charge in [0.05, 0.1) is 0 Å². The van der Waals surface area contributed by atoms with Crippen molar-refractivity contribution >= 4 is 6.09 Å². The van der Waals surface area contributed by atoms with Gasteiger partial charge in [0, 0.05) is 19.1 Å². The number of hydrogen-bond acceptors (Lipinski definition) is 3. The number of likely N-dealkylation sites (tertiary alicyclic amines) is 1. The van der Waals surface area contributed by atoms with Gasteiger partial charge in [-0.2, -0.15) is 13.2 Å². The fraction of sp³-hybridized carbons (Fsp3) is 0.923. The van der Waals surface area contributed by atoms with Gasteiger partial charge >= 0.3 is 12.3 Å². The highest BCUT2D eigenvalue weighted by atomic mass is 19.4. The Morgan fingerprint density at radius 1 is 1.35 bits per heavy atom. The lowest BCUT2D eigenvalue weighted by Crippen LogP contribution is -2.39. The summed E-state index contributed by atoms with van der Waals surface area (Å²) in [6.45, 7) is 7.38. The molecule has 0 bridgehead atoms. The first kappa shape index (κ1) is 17.1. The predicted octanol–water partition coefficient (Wildman–Crippen LogP) is 2.79. The average Bonchev–Trinajstić information content (AvgIpc) is 2.70. The molecule has 1 aliphatic rings. The molecule has 0 aromatic heterocycles. The molecular weight excluding hydrogens is 273 g/mol. The van der Waals surface area contributed by atoms with Crippen molar-refractivity contribution in [3.05, 3.63) is 0 Å². The van der Waals surface area contributed by atoms with Gasteiger partial charge in [0.15, 0.2) is 6.61 Å². The molecule has 4 nitrogen and oxygen atoms in total. The fourth-order valence-electron chi connectivity index (χ4n) is 2.00. The number of hydrogen-bond donors (Lipinski definition) is 1. The minimum atomic E-state index is -4.48. The van der Waals surface area contributed by atoms with Crippen molar-refractivity contribution in [2.24, 2.45) is 5.41 Å². The summed E-state index contributed by atoms with van der Waals surface area (Å²) in [4.78, 5) is 13.4. The van der Waals surface area contributed by atoms with Crippen LogP contribution in [0.1, 0.15) is 33.6 Å². The van der Waals surface area contributed by atoms with Gasteiger partial charge in [-0.3, -0.25) is 0 Å². The quantitative estimate of drug-likeness (QED) is 0.867. The highest BCUT2D eigenvalue weighted by molar-refractivity contribution is 5.67. The van der Waals surface area contributed by atoms with Crippen LogP contribution in [0.25, 0.3) is 0 Å². The first-order valence-electron chi connectivity index (χ1n) is 6.77. The van der Waals surface area contributed by atoms with Gasteiger partial charge < -0.3 is 15.0 Å². The van der Waals surface area contributed by atoms with Crippen LogP contribution in [-0.4, -0.2) is 49.5 Å². The lowest BCUT2D eigenvalue weighted by atomic mass is 9.92. The number of alkyl carbamates (subject to hydrolysis) is 1. The standard InChI is InChI=1S/C13H23F3N2O2/c1-12(2,3)5-7-18-6-4-10(8-18)17-11(19)20-9-13(14,15)16/h10H,4-9H2,1-3H3,(H,17,19)/t10-/m0/s1. The molecule has 0 aliphatic carbocycles. The third-order valence-corrected chi connectivity index (χ3v) is 3.14. The van der Waals surface area contributed by atoms with E-state index in [4.69, 9.17) is 0 Å². The van der Waals surface area contributed by atoms with Crippen LogP contribution >= 0.6 is 0 Å². The minimum absolute atomic E-state index is 0.129. The molecule has 1 heterocycles. The van der Waals surface area contributed by atoms with Gasteiger partial charge in [-0.05, 0) is 24.8 Å². The Morgan fingerprint density at radius 2 is 2.00 bits per heavy atom. The van der Waals surface area contributed by atoms with Gasteiger partial charge in [-0.1, -0.05) is 20.8 Å². The fourth-order valence-corrected chi connectivity index (χ4v) is 2.00. The second-order valence-corrected chi connectivity index (χ2v) is 6.43. The van der Waals surface area contributed by atoms with Gasteiger partial charge in [-0.25, -0.2) is 4.79 Å². The zero-order valence-electron chi connectivity index (χ0n) is 12.2. The van der Waals surface area contributed by atoms with Crippen LogP contribution in [0.15, 0.2) is 0 Å². The largest absolute Gasteiger partial charge is 0.440 e. The van der Waals surface area contributed by atoms with Crippen LogP contribution in [0, 0.1) is 5.41 Å². The van der Waals surface area contributed by atoms with Crippen molar-refractivity contribution in [3.63, 3.8) is 0 Å². The Kier molecular flexibility index (Phi) is 5.68. The number of nitrogens with zero attached hydrogens (tertiary/aromatic N) is 1. The number of nitrogens with one attached hydrogen (secondary N) is 1. The van der Waals surface area contributed by atoms with Crippen molar-refractivity contribution in [2.45, 2.75) is 45.8 Å². The number of alkyl halides is 3. The molecule has 118 valence electrons. The van der Waals surface area contributed by atoms with Crippen LogP contribution in [0.5, 0.6) is 0 Å². The van der Waals surface area contributed by atoms with Crippen molar-refractivity contribution < 1.29 is 22.7 Å². The zero-order chi connectivity index (χ0) is 15.4. The molecule has 1 saturated heterocycles. The second kappa shape index (κ2) is 6.65. The van der Waals surface area contributed by atoms with Crippen molar-refractivity contribution in [3.8, 4) is 0 Å². The minimum Gasteiger partial charge on any atom is -0.440 e. The van der Waals surface area contributed by atoms with E-state index >= 15 is 0 Å². The Balaban J connectivity index is 2.22. The van der Waals surface area contributed by atoms with E-state index in [9.17, 15) is 18.0 Å². The maximum Gasteiger partial charge on any atom is 0.422 e. The highest BCUT2D eigenvalue weighted by Crippen LogP contribution is 2.20. The lowest BCUT2D eigenvalue weighted by Gasteiger charge is -2.23. The Labute approximate surface area is 117 Å². The van der Waals surface area contributed by atoms with Gasteiger partial charge in [-0.15, -0.1) is 0 Å². The Morgan fingerprint density at radius 3 is 2.55 bits per heavy atom. The molecule has 1 aliphatic heterocycles. The highest BCUT2D eigenvalue weighted by Gasteiger charge is 2.31. The van der Waals surface area contributed by atoms with E-state index in [2.05, 4.69) is 35.7 Å². The van der Waals surface area contributed by atoms with Crippen molar-refractivity contribution in [1.29, 1.82) is 0 Å². The first-order chi connectivity index (χ1) is 9.05. The maximum absolute atomic E-state index is 11.9. The predicted molar refractivity (Wildman–Crippen MR) is 69.5 cm³/mol. The van der Waals surface area contributed by atoms with Gasteiger partial charge in [0.25, 0.3) is 0 Å². The molecular formula is C13H23F3N2O2. The summed E-state index contributed by atoms with van der Waals surface area (Å²) in [5.41, 5.74) is 0.247. The lowest BCUT2D eigenvalue weighted by molar-refractivity contribution is -0.160. The summed E-state index contributed by atoms with van der Waals surface area (Å²) in [6.07, 6.45) is -3.69. The van der Waals surface area contributed by atoms with Crippen LogP contribution in [0.3, 0.4) is 0 Å². The molecule has 1 N–H and O–H groups in total. The maximum atomic E-state index is 11.9. The topological polar surface area (TPSA) is 41.6 Å². The molecule has 1 atom stereocenters. The molecule has 20 heavy (non-hydrogen) atoms. The summed E-state index contributed by atoms with van der Waals surface area (Å²) in [5, 5.41) is 2.48. The molecule has 1 amide bonds. The SMILES string of the molecule is CC(C)(C)CCN1CC[C@H](NC(=O)OCC(F)(F)F)C1. The van der Waals surface area contributed by atoms with E-state index in [1.165, 1.54) is 0 Å². The summed E-state index contributed by atoms with van der Waals surface area (Å²) in [6, 6.07) is -0.129. The Bertz CT molecular complexity index is 327. The number of halogens is 3. The first-order valence-corrected chi connectivity index (χ1v) is 6.77. The monoisotopic (exact) mass is 296 g/mol. The van der Waals surface area contributed by atoms with E-state index in [1.807, 2.05) is 0 Å². The zero-order valence-corrected chi connectivity index (χ0v) is 12.2. The van der Waals surface area contributed by atoms with Crippen LogP contribution in [0.4, 0.5) is 18.0 Å². The smallest absolute Gasteiger partial charge is 0.422 e. The molecule has 0 saturated carbocycles. The number of amides is 1. The third kappa shape index (κ3) is 7.57. The van der Waals surface area contributed by atoms with Gasteiger partial charge in [0.2, 0.25) is 0 Å². The van der Waals surface area contributed by atoms with Crippen molar-refractivity contribution in [1.82, 2.24) is 10.2 Å². The molecule has 0 radical (unpaired) electrons. The van der Waals surface area contributed by atoms with E-state index in [1.54, 1.807) is 0 Å². The van der Waals surface area contributed by atoms with E-state index in [0.717, 1.165) is 25.9 Å². The molecule has 7 heteroatoms. The Hall–Kier alpha value is -0.980. The van der Waals surface area contributed by atoms with Crippen LogP contribution < -0.4 is 5.32 Å². The molecule has 0 aromatic rings. The summed E-state index contributed by atoms with van der Waals surface area (Å²) >= 11 is 0. The number of carbonyl (C=O) groups is 1. The molecule has 1 fully saturated rings. The molecule has 0 spiro atoms. The number of rotatable bonds is 4. The van der Waals surface area contributed by atoms with Crippen LogP contribution in [0.2, 0.25) is 0 Å². The van der Waals surface area contributed by atoms with E-state index < -0.39 is 18.9 Å². The summed E-state index contributed by atoms with van der Waals surface area (Å²) in [5.74, 6) is 0. The average molecular weight is 296 g/mol. The molecule has 0 unspecified atom stereocenters. The van der Waals surface area contributed by atoms with Crippen LogP contribution in [-0.2, 0) is 4.74 Å². The number of ether oxygens (including phenoxy) is 1. The normalized spacial score (nSPS) is 21.0.